The molecule has 1 unspecified atom stereocenters. The summed E-state index contributed by atoms with van der Waals surface area (Å²) in [6.45, 7) is 3.99. The number of aromatic nitrogens is 3. The number of carbonyl (C=O) groups is 1. The molecular weight excluding hydrogens is 514 g/mol. The van der Waals surface area contributed by atoms with Gasteiger partial charge in [0.1, 0.15) is 11.8 Å². The second-order valence-electron chi connectivity index (χ2n) is 8.93. The molecule has 0 bridgehead atoms. The van der Waals surface area contributed by atoms with Crippen molar-refractivity contribution in [3.63, 3.8) is 0 Å². The van der Waals surface area contributed by atoms with Gasteiger partial charge in [-0.25, -0.2) is 4.68 Å². The predicted molar refractivity (Wildman–Crippen MR) is 155 cm³/mol. The number of methoxy groups -OCH3 is 1. The third-order valence-electron chi connectivity index (χ3n) is 6.31. The van der Waals surface area contributed by atoms with Crippen molar-refractivity contribution in [1.29, 1.82) is 0 Å². The van der Waals surface area contributed by atoms with E-state index in [4.69, 9.17) is 14.8 Å². The zero-order valence-corrected chi connectivity index (χ0v) is 23.3. The van der Waals surface area contributed by atoms with Crippen molar-refractivity contribution in [2.45, 2.75) is 35.7 Å². The molecule has 2 N–H and O–H groups in total. The number of fused-ring (bicyclic) bond motifs is 1. The third kappa shape index (κ3) is 5.44. The summed E-state index contributed by atoms with van der Waals surface area (Å²) < 4.78 is 7.26. The Hall–Kier alpha value is -3.69. The number of amides is 1. The van der Waals surface area contributed by atoms with E-state index in [0.717, 1.165) is 21.9 Å². The van der Waals surface area contributed by atoms with Gasteiger partial charge in [-0.2, -0.15) is 4.98 Å². The molecule has 1 aromatic heterocycles. The number of hydrogen-bond acceptors (Lipinski definition) is 7. The summed E-state index contributed by atoms with van der Waals surface area (Å²) in [6, 6.07) is 23.6. The van der Waals surface area contributed by atoms with Crippen molar-refractivity contribution >= 4 is 41.1 Å². The number of nitrogens with zero attached hydrogens (tertiary/aromatic N) is 3. The summed E-state index contributed by atoms with van der Waals surface area (Å²) in [7, 11) is 1.59. The van der Waals surface area contributed by atoms with Crippen LogP contribution in [0.2, 0.25) is 0 Å². The molecule has 38 heavy (non-hydrogen) atoms. The molecule has 1 aliphatic heterocycles. The van der Waals surface area contributed by atoms with Crippen LogP contribution in [0.1, 0.15) is 29.7 Å². The van der Waals surface area contributed by atoms with E-state index in [2.05, 4.69) is 66.1 Å². The number of benzene rings is 3. The number of para-hydroxylation sites is 2. The van der Waals surface area contributed by atoms with Gasteiger partial charge in [-0.15, -0.1) is 16.9 Å². The molecule has 4 aromatic rings. The summed E-state index contributed by atoms with van der Waals surface area (Å²) in [5, 5.41) is 11.9. The van der Waals surface area contributed by atoms with Crippen LogP contribution in [0.15, 0.2) is 94.1 Å². The van der Waals surface area contributed by atoms with Crippen LogP contribution in [-0.4, -0.2) is 34.0 Å². The average molecular weight is 544 g/mol. The lowest BCUT2D eigenvalue weighted by Crippen LogP contribution is -2.31. The number of thioether (sulfide) groups is 2. The van der Waals surface area contributed by atoms with Crippen molar-refractivity contribution in [1.82, 2.24) is 14.8 Å². The topological polar surface area (TPSA) is 81.1 Å². The SMILES string of the molecule is COc1ccccc1NC(=O)C1=C(C)Nc2nc(SCc3cccc(C)c3)nn2C1c1ccc(SC)cc1. The number of carbonyl (C=O) groups excluding carboxylic acids is 1. The fourth-order valence-corrected chi connectivity index (χ4v) is 5.65. The van der Waals surface area contributed by atoms with E-state index in [-0.39, 0.29) is 5.91 Å². The van der Waals surface area contributed by atoms with Gasteiger partial charge in [-0.1, -0.05) is 65.9 Å². The molecule has 0 saturated carbocycles. The van der Waals surface area contributed by atoms with E-state index < -0.39 is 6.04 Å². The van der Waals surface area contributed by atoms with E-state index in [1.54, 1.807) is 30.6 Å². The van der Waals surface area contributed by atoms with Crippen LogP contribution >= 0.6 is 23.5 Å². The van der Waals surface area contributed by atoms with E-state index in [0.29, 0.717) is 28.1 Å². The monoisotopic (exact) mass is 543 g/mol. The van der Waals surface area contributed by atoms with Crippen LogP contribution < -0.4 is 15.4 Å². The first kappa shape index (κ1) is 25.9. The van der Waals surface area contributed by atoms with E-state index in [1.807, 2.05) is 42.1 Å². The Morgan fingerprint density at radius 2 is 1.87 bits per heavy atom. The van der Waals surface area contributed by atoms with Gasteiger partial charge in [0, 0.05) is 16.3 Å². The van der Waals surface area contributed by atoms with Gasteiger partial charge in [0.15, 0.2) is 0 Å². The predicted octanol–water partition coefficient (Wildman–Crippen LogP) is 6.54. The molecule has 194 valence electrons. The van der Waals surface area contributed by atoms with Crippen LogP contribution in [-0.2, 0) is 10.5 Å². The van der Waals surface area contributed by atoms with Gasteiger partial charge in [-0.05, 0) is 55.5 Å². The highest BCUT2D eigenvalue weighted by Crippen LogP contribution is 2.38. The van der Waals surface area contributed by atoms with Gasteiger partial charge in [-0.3, -0.25) is 4.79 Å². The first-order valence-electron chi connectivity index (χ1n) is 12.2. The first-order valence-corrected chi connectivity index (χ1v) is 14.4. The number of nitrogens with one attached hydrogen (secondary N) is 2. The molecule has 0 spiro atoms. The minimum absolute atomic E-state index is 0.228. The van der Waals surface area contributed by atoms with Crippen LogP contribution in [0.25, 0.3) is 0 Å². The molecule has 7 nitrogen and oxygen atoms in total. The van der Waals surface area contributed by atoms with Crippen molar-refractivity contribution in [2.75, 3.05) is 24.0 Å². The minimum atomic E-state index is -0.447. The first-order chi connectivity index (χ1) is 18.5. The van der Waals surface area contributed by atoms with E-state index >= 15 is 0 Å². The van der Waals surface area contributed by atoms with Crippen molar-refractivity contribution in [2.24, 2.45) is 0 Å². The third-order valence-corrected chi connectivity index (χ3v) is 7.97. The van der Waals surface area contributed by atoms with Crippen molar-refractivity contribution in [3.8, 4) is 5.75 Å². The summed E-state index contributed by atoms with van der Waals surface area (Å²) in [5.74, 6) is 1.74. The number of allylic oxidation sites excluding steroid dienone is 1. The van der Waals surface area contributed by atoms with Crippen LogP contribution in [0, 0.1) is 6.92 Å². The molecule has 5 rings (SSSR count). The Balaban J connectivity index is 1.50. The normalized spacial score (nSPS) is 14.6. The fourth-order valence-electron chi connectivity index (χ4n) is 4.47. The van der Waals surface area contributed by atoms with Crippen molar-refractivity contribution < 1.29 is 9.53 Å². The fraction of sp³-hybridized carbons (Fsp3) is 0.207. The van der Waals surface area contributed by atoms with Crippen molar-refractivity contribution in [3.05, 3.63) is 101 Å². The lowest BCUT2D eigenvalue weighted by Gasteiger charge is -2.29. The largest absolute Gasteiger partial charge is 0.495 e. The Kier molecular flexibility index (Phi) is 7.76. The Labute approximate surface area is 231 Å². The number of anilines is 2. The highest BCUT2D eigenvalue weighted by atomic mass is 32.2. The Morgan fingerprint density at radius 3 is 2.61 bits per heavy atom. The van der Waals surface area contributed by atoms with Gasteiger partial charge in [0.25, 0.3) is 5.91 Å². The van der Waals surface area contributed by atoms with Gasteiger partial charge >= 0.3 is 0 Å². The average Bonchev–Trinajstić information content (AvgIpc) is 3.34. The summed E-state index contributed by atoms with van der Waals surface area (Å²) in [6.07, 6.45) is 2.04. The molecule has 0 radical (unpaired) electrons. The second kappa shape index (κ2) is 11.4. The lowest BCUT2D eigenvalue weighted by atomic mass is 9.95. The zero-order chi connectivity index (χ0) is 26.6. The molecule has 1 amide bonds. The number of ether oxygens (including phenoxy) is 1. The smallest absolute Gasteiger partial charge is 0.255 e. The standard InChI is InChI=1S/C29H29N5O2S2/c1-18-8-7-9-20(16-18)17-38-29-32-28-30-19(2)25(27(35)31-23-10-5-6-11-24(23)36-3)26(34(28)33-29)21-12-14-22(37-4)15-13-21/h5-16,26H,17H2,1-4H3,(H,31,35)(H,30,32,33). The lowest BCUT2D eigenvalue weighted by molar-refractivity contribution is -0.113. The Morgan fingerprint density at radius 1 is 1.08 bits per heavy atom. The van der Waals surface area contributed by atoms with Gasteiger partial charge in [0.2, 0.25) is 11.1 Å². The number of rotatable bonds is 8. The summed E-state index contributed by atoms with van der Waals surface area (Å²) >= 11 is 3.25. The van der Waals surface area contributed by atoms with E-state index in [1.165, 1.54) is 11.1 Å². The van der Waals surface area contributed by atoms with E-state index in [9.17, 15) is 4.79 Å². The van der Waals surface area contributed by atoms with Crippen LogP contribution in [0.4, 0.5) is 11.6 Å². The number of aryl methyl sites for hydroxylation is 1. The highest BCUT2D eigenvalue weighted by molar-refractivity contribution is 7.98. The molecule has 2 heterocycles. The molecule has 1 aliphatic rings. The molecule has 1 atom stereocenters. The maximum Gasteiger partial charge on any atom is 0.255 e. The molecule has 9 heteroatoms. The maximum absolute atomic E-state index is 13.8. The van der Waals surface area contributed by atoms with Crippen LogP contribution in [0.5, 0.6) is 5.75 Å². The molecule has 0 saturated heterocycles. The van der Waals surface area contributed by atoms with Gasteiger partial charge < -0.3 is 15.4 Å². The molecule has 0 aliphatic carbocycles. The highest BCUT2D eigenvalue weighted by Gasteiger charge is 2.34. The zero-order valence-electron chi connectivity index (χ0n) is 21.7. The van der Waals surface area contributed by atoms with Crippen LogP contribution in [0.3, 0.4) is 0 Å². The summed E-state index contributed by atoms with van der Waals surface area (Å²) in [4.78, 5) is 19.7. The Bertz CT molecular complexity index is 1500. The quantitative estimate of drug-likeness (QED) is 0.244. The van der Waals surface area contributed by atoms with Gasteiger partial charge in [0.05, 0.1) is 18.4 Å². The second-order valence-corrected chi connectivity index (χ2v) is 10.8. The minimum Gasteiger partial charge on any atom is -0.495 e. The molecular formula is C29H29N5O2S2. The summed E-state index contributed by atoms with van der Waals surface area (Å²) in [5.41, 5.74) is 5.30. The number of hydrogen-bond donors (Lipinski definition) is 2. The molecule has 0 fully saturated rings. The molecule has 3 aromatic carbocycles. The maximum atomic E-state index is 13.8.